The molecule has 5 heteroatoms. The van der Waals surface area contributed by atoms with Crippen LogP contribution in [0, 0.1) is 6.92 Å². The van der Waals surface area contributed by atoms with Crippen LogP contribution in [0.1, 0.15) is 33.1 Å². The standard InChI is InChI=1S/C18H19NO3.H2S/c1-12-5-3-4-6-15(12)16-11-22-17-9-13(18(20)21-2)7-8-14(17)10-19-16;/h3-9,16,19H,10-11H2,1-2H3;1H2/t16-;/m1./s1. The third kappa shape index (κ3) is 3.68. The van der Waals surface area contributed by atoms with Gasteiger partial charge in [0.1, 0.15) is 12.4 Å². The predicted molar refractivity (Wildman–Crippen MR) is 94.4 cm³/mol. The normalized spacial score (nSPS) is 16.3. The molecule has 1 atom stereocenters. The molecule has 1 aliphatic heterocycles. The molecule has 2 aromatic carbocycles. The minimum atomic E-state index is -0.348. The topological polar surface area (TPSA) is 47.6 Å². The number of methoxy groups -OCH3 is 1. The summed E-state index contributed by atoms with van der Waals surface area (Å²) in [6.45, 7) is 3.34. The fraction of sp³-hybridized carbons (Fsp3) is 0.278. The van der Waals surface area contributed by atoms with E-state index in [0.717, 1.165) is 11.3 Å². The number of aryl methyl sites for hydroxylation is 1. The molecule has 0 aliphatic carbocycles. The Morgan fingerprint density at radius 3 is 2.78 bits per heavy atom. The first-order chi connectivity index (χ1) is 10.7. The Bertz CT molecular complexity index is 702. The number of benzene rings is 2. The third-order valence-electron chi connectivity index (χ3n) is 4.00. The van der Waals surface area contributed by atoms with Gasteiger partial charge in [-0.1, -0.05) is 30.3 Å². The van der Waals surface area contributed by atoms with E-state index in [0.29, 0.717) is 18.7 Å². The second kappa shape index (κ2) is 7.53. The molecule has 0 unspecified atom stereocenters. The van der Waals surface area contributed by atoms with Crippen LogP contribution in [0.4, 0.5) is 0 Å². The van der Waals surface area contributed by atoms with Gasteiger partial charge in [-0.2, -0.15) is 13.5 Å². The van der Waals surface area contributed by atoms with Crippen molar-refractivity contribution >= 4 is 19.5 Å². The summed E-state index contributed by atoms with van der Waals surface area (Å²) < 4.78 is 10.7. The van der Waals surface area contributed by atoms with Gasteiger partial charge in [0.2, 0.25) is 0 Å². The number of rotatable bonds is 2. The summed E-state index contributed by atoms with van der Waals surface area (Å²) >= 11 is 0. The second-order valence-electron chi connectivity index (χ2n) is 5.42. The molecule has 3 rings (SSSR count). The van der Waals surface area contributed by atoms with Crippen molar-refractivity contribution in [3.8, 4) is 5.75 Å². The van der Waals surface area contributed by atoms with Crippen LogP contribution < -0.4 is 10.1 Å². The number of hydrogen-bond donors (Lipinski definition) is 1. The van der Waals surface area contributed by atoms with E-state index in [-0.39, 0.29) is 25.5 Å². The van der Waals surface area contributed by atoms with Crippen molar-refractivity contribution in [1.82, 2.24) is 5.32 Å². The Morgan fingerprint density at radius 2 is 2.04 bits per heavy atom. The molecule has 122 valence electrons. The molecule has 0 amide bonds. The Balaban J connectivity index is 0.00000192. The lowest BCUT2D eigenvalue weighted by molar-refractivity contribution is 0.0600. The lowest BCUT2D eigenvalue weighted by atomic mass is 10.0. The Hall–Kier alpha value is -1.98. The molecular weight excluding hydrogens is 310 g/mol. The molecule has 1 heterocycles. The highest BCUT2D eigenvalue weighted by Crippen LogP contribution is 2.27. The van der Waals surface area contributed by atoms with Crippen LogP contribution in [0.3, 0.4) is 0 Å². The van der Waals surface area contributed by atoms with E-state index in [1.54, 1.807) is 12.1 Å². The van der Waals surface area contributed by atoms with Crippen LogP contribution in [0.5, 0.6) is 5.75 Å². The molecule has 0 saturated carbocycles. The lowest BCUT2D eigenvalue weighted by Crippen LogP contribution is -2.24. The van der Waals surface area contributed by atoms with Gasteiger partial charge in [0, 0.05) is 12.1 Å². The van der Waals surface area contributed by atoms with Crippen molar-refractivity contribution in [3.05, 3.63) is 64.7 Å². The molecule has 0 aromatic heterocycles. The summed E-state index contributed by atoms with van der Waals surface area (Å²) in [7, 11) is 1.38. The first-order valence-electron chi connectivity index (χ1n) is 7.32. The van der Waals surface area contributed by atoms with Crippen LogP contribution in [0.25, 0.3) is 0 Å². The zero-order valence-corrected chi connectivity index (χ0v) is 14.3. The quantitative estimate of drug-likeness (QED) is 0.859. The van der Waals surface area contributed by atoms with Crippen molar-refractivity contribution in [2.24, 2.45) is 0 Å². The highest BCUT2D eigenvalue weighted by Gasteiger charge is 2.20. The van der Waals surface area contributed by atoms with Gasteiger partial charge in [-0.25, -0.2) is 4.79 Å². The van der Waals surface area contributed by atoms with Crippen molar-refractivity contribution in [3.63, 3.8) is 0 Å². The SMILES string of the molecule is COC(=O)c1ccc2c(c1)OC[C@H](c1ccccc1C)NC2.S. The minimum Gasteiger partial charge on any atom is -0.491 e. The minimum absolute atomic E-state index is 0. The molecule has 1 N–H and O–H groups in total. The molecule has 4 nitrogen and oxygen atoms in total. The number of carbonyl (C=O) groups excluding carboxylic acids is 1. The molecule has 0 radical (unpaired) electrons. The molecule has 0 fully saturated rings. The van der Waals surface area contributed by atoms with E-state index in [1.807, 2.05) is 18.2 Å². The van der Waals surface area contributed by atoms with Crippen LogP contribution in [0.2, 0.25) is 0 Å². The van der Waals surface area contributed by atoms with Crippen LogP contribution in [0.15, 0.2) is 42.5 Å². The summed E-state index contributed by atoms with van der Waals surface area (Å²) in [5.41, 5.74) is 4.03. The van der Waals surface area contributed by atoms with Gasteiger partial charge in [0.05, 0.1) is 18.7 Å². The maximum absolute atomic E-state index is 11.6. The maximum atomic E-state index is 11.6. The molecule has 23 heavy (non-hydrogen) atoms. The summed E-state index contributed by atoms with van der Waals surface area (Å²) in [5, 5.41) is 3.52. The zero-order valence-electron chi connectivity index (χ0n) is 13.3. The van der Waals surface area contributed by atoms with E-state index in [1.165, 1.54) is 18.2 Å². The number of esters is 1. The van der Waals surface area contributed by atoms with Gasteiger partial charge in [-0.05, 0) is 30.2 Å². The van der Waals surface area contributed by atoms with E-state index >= 15 is 0 Å². The molecule has 2 aromatic rings. The Labute approximate surface area is 143 Å². The highest BCUT2D eigenvalue weighted by molar-refractivity contribution is 7.59. The number of fused-ring (bicyclic) bond motifs is 1. The highest BCUT2D eigenvalue weighted by atomic mass is 32.1. The average molecular weight is 331 g/mol. The van der Waals surface area contributed by atoms with E-state index < -0.39 is 0 Å². The third-order valence-corrected chi connectivity index (χ3v) is 4.00. The average Bonchev–Trinajstić information content (AvgIpc) is 2.76. The predicted octanol–water partition coefficient (Wildman–Crippen LogP) is 3.12. The van der Waals surface area contributed by atoms with Gasteiger partial charge in [-0.3, -0.25) is 0 Å². The largest absolute Gasteiger partial charge is 0.491 e. The fourth-order valence-corrected chi connectivity index (χ4v) is 2.72. The summed E-state index contributed by atoms with van der Waals surface area (Å²) in [6.07, 6.45) is 0. The lowest BCUT2D eigenvalue weighted by Gasteiger charge is -2.17. The fourth-order valence-electron chi connectivity index (χ4n) is 2.72. The van der Waals surface area contributed by atoms with Crippen LogP contribution >= 0.6 is 13.5 Å². The molecule has 0 spiro atoms. The van der Waals surface area contributed by atoms with Gasteiger partial charge in [0.15, 0.2) is 0 Å². The number of ether oxygens (including phenoxy) is 2. The Kier molecular flexibility index (Phi) is 5.69. The van der Waals surface area contributed by atoms with Gasteiger partial charge >= 0.3 is 5.97 Å². The monoisotopic (exact) mass is 331 g/mol. The summed E-state index contributed by atoms with van der Waals surface area (Å²) in [4.78, 5) is 11.6. The van der Waals surface area contributed by atoms with E-state index in [2.05, 4.69) is 24.4 Å². The first-order valence-corrected chi connectivity index (χ1v) is 7.32. The molecule has 0 bridgehead atoms. The van der Waals surface area contributed by atoms with Crippen molar-refractivity contribution in [2.75, 3.05) is 13.7 Å². The molecule has 1 aliphatic rings. The van der Waals surface area contributed by atoms with Gasteiger partial charge < -0.3 is 14.8 Å². The number of hydrogen-bond acceptors (Lipinski definition) is 4. The number of carbonyl (C=O) groups is 1. The molecular formula is C18H21NO3S. The van der Waals surface area contributed by atoms with Gasteiger partial charge in [-0.15, -0.1) is 0 Å². The first kappa shape index (κ1) is 17.4. The van der Waals surface area contributed by atoms with Crippen molar-refractivity contribution in [1.29, 1.82) is 0 Å². The smallest absolute Gasteiger partial charge is 0.337 e. The maximum Gasteiger partial charge on any atom is 0.337 e. The van der Waals surface area contributed by atoms with Crippen molar-refractivity contribution in [2.45, 2.75) is 19.5 Å². The second-order valence-corrected chi connectivity index (χ2v) is 5.42. The van der Waals surface area contributed by atoms with Gasteiger partial charge in [0.25, 0.3) is 0 Å². The van der Waals surface area contributed by atoms with Crippen LogP contribution in [-0.4, -0.2) is 19.7 Å². The zero-order chi connectivity index (χ0) is 15.5. The Morgan fingerprint density at radius 1 is 1.26 bits per heavy atom. The summed E-state index contributed by atoms with van der Waals surface area (Å²) in [6, 6.07) is 13.9. The summed E-state index contributed by atoms with van der Waals surface area (Å²) in [5.74, 6) is 0.394. The number of nitrogens with one attached hydrogen (secondary N) is 1. The van der Waals surface area contributed by atoms with Crippen molar-refractivity contribution < 1.29 is 14.3 Å². The van der Waals surface area contributed by atoms with Crippen LogP contribution in [-0.2, 0) is 11.3 Å². The van der Waals surface area contributed by atoms with E-state index in [4.69, 9.17) is 9.47 Å². The molecule has 0 saturated heterocycles. The van der Waals surface area contributed by atoms with E-state index in [9.17, 15) is 4.79 Å².